The van der Waals surface area contributed by atoms with Crippen LogP contribution >= 0.6 is 11.3 Å². The molecule has 0 saturated heterocycles. The average molecular weight is 444 g/mol. The number of benzene rings is 2. The van der Waals surface area contributed by atoms with Crippen molar-refractivity contribution in [3.05, 3.63) is 64.0 Å². The molecule has 0 fully saturated rings. The molecule has 1 amide bonds. The number of carbonyl (C=O) groups is 1. The number of rotatable bonds is 8. The number of ether oxygens (including phenoxy) is 2. The van der Waals surface area contributed by atoms with Crippen LogP contribution in [0.5, 0.6) is 5.75 Å². The summed E-state index contributed by atoms with van der Waals surface area (Å²) >= 11 is 1.50. The number of nitrogens with zero attached hydrogens (tertiary/aromatic N) is 2. The molecule has 2 aromatic carbocycles. The summed E-state index contributed by atoms with van der Waals surface area (Å²) in [6.07, 6.45) is 0.257. The predicted molar refractivity (Wildman–Crippen MR) is 120 cm³/mol. The topological polar surface area (TPSA) is 64.8 Å². The number of amides is 1. The van der Waals surface area contributed by atoms with Crippen LogP contribution in [0.15, 0.2) is 52.8 Å². The number of aryl methyl sites for hydroxylation is 1. The Hall–Kier alpha value is -3.13. The van der Waals surface area contributed by atoms with Gasteiger partial charge in [-0.2, -0.15) is 0 Å². The Bertz CT molecular complexity index is 1090. The third-order valence-electron chi connectivity index (χ3n) is 4.59. The van der Waals surface area contributed by atoms with E-state index in [9.17, 15) is 9.18 Å². The van der Waals surface area contributed by atoms with Crippen LogP contribution in [0.2, 0.25) is 0 Å². The molecule has 1 heterocycles. The van der Waals surface area contributed by atoms with Crippen LogP contribution in [0.1, 0.15) is 18.9 Å². The molecule has 0 atom stereocenters. The first-order chi connectivity index (χ1) is 15.0. The highest BCUT2D eigenvalue weighted by molar-refractivity contribution is 7.07. The van der Waals surface area contributed by atoms with E-state index >= 15 is 0 Å². The SMILES string of the molecule is CCOC(=O)NCCCn1c(-c2ccc(F)cc2)csc1=Nc1ccc(C)cc1OC. The molecule has 1 N–H and O–H groups in total. The summed E-state index contributed by atoms with van der Waals surface area (Å²) in [6.45, 7) is 5.19. The number of carbonyl (C=O) groups excluding carboxylic acids is 1. The lowest BCUT2D eigenvalue weighted by Gasteiger charge is -2.11. The third kappa shape index (κ3) is 5.95. The summed E-state index contributed by atoms with van der Waals surface area (Å²) in [5.41, 5.74) is 3.66. The van der Waals surface area contributed by atoms with Gasteiger partial charge in [0.15, 0.2) is 4.80 Å². The molecule has 0 aliphatic rings. The van der Waals surface area contributed by atoms with Gasteiger partial charge in [-0.1, -0.05) is 6.07 Å². The zero-order valence-electron chi connectivity index (χ0n) is 17.9. The minimum absolute atomic E-state index is 0.279. The van der Waals surface area contributed by atoms with Crippen molar-refractivity contribution in [2.45, 2.75) is 26.8 Å². The van der Waals surface area contributed by atoms with E-state index < -0.39 is 6.09 Å². The molecule has 0 unspecified atom stereocenters. The Balaban J connectivity index is 1.93. The van der Waals surface area contributed by atoms with E-state index in [4.69, 9.17) is 14.5 Å². The molecule has 0 radical (unpaired) electrons. The second kappa shape index (κ2) is 10.8. The van der Waals surface area contributed by atoms with E-state index in [2.05, 4.69) is 9.88 Å². The van der Waals surface area contributed by atoms with E-state index in [0.29, 0.717) is 31.9 Å². The van der Waals surface area contributed by atoms with E-state index in [1.54, 1.807) is 26.2 Å². The quantitative estimate of drug-likeness (QED) is 0.496. The lowest BCUT2D eigenvalue weighted by Crippen LogP contribution is -2.27. The highest BCUT2D eigenvalue weighted by atomic mass is 32.1. The number of halogens is 1. The molecule has 3 rings (SSSR count). The minimum Gasteiger partial charge on any atom is -0.494 e. The highest BCUT2D eigenvalue weighted by Crippen LogP contribution is 2.28. The second-order valence-corrected chi connectivity index (χ2v) is 7.69. The van der Waals surface area contributed by atoms with Crippen LogP contribution in [0.25, 0.3) is 11.3 Å². The maximum atomic E-state index is 13.4. The minimum atomic E-state index is -0.425. The highest BCUT2D eigenvalue weighted by Gasteiger charge is 2.10. The Morgan fingerprint density at radius 2 is 2.00 bits per heavy atom. The molecular formula is C23H26FN3O3S. The number of hydrogen-bond acceptors (Lipinski definition) is 5. The van der Waals surface area contributed by atoms with Crippen LogP contribution in [-0.2, 0) is 11.3 Å². The van der Waals surface area contributed by atoms with Crippen molar-refractivity contribution in [1.82, 2.24) is 9.88 Å². The normalized spacial score (nSPS) is 11.4. The summed E-state index contributed by atoms with van der Waals surface area (Å²) in [6, 6.07) is 12.3. The summed E-state index contributed by atoms with van der Waals surface area (Å²) < 4.78 is 25.9. The van der Waals surface area contributed by atoms with Crippen LogP contribution in [-0.4, -0.2) is 30.9 Å². The maximum Gasteiger partial charge on any atom is 0.407 e. The van der Waals surface area contributed by atoms with Crippen molar-refractivity contribution in [2.24, 2.45) is 4.99 Å². The zero-order chi connectivity index (χ0) is 22.2. The van der Waals surface area contributed by atoms with Gasteiger partial charge in [0.1, 0.15) is 17.3 Å². The average Bonchev–Trinajstić information content (AvgIpc) is 3.15. The van der Waals surface area contributed by atoms with Gasteiger partial charge in [-0.05, 0) is 67.8 Å². The molecule has 31 heavy (non-hydrogen) atoms. The molecule has 8 heteroatoms. The van der Waals surface area contributed by atoms with Crippen molar-refractivity contribution in [3.8, 4) is 17.0 Å². The molecule has 0 aliphatic carbocycles. The molecule has 164 valence electrons. The number of hydrogen-bond donors (Lipinski definition) is 1. The number of methoxy groups -OCH3 is 1. The first-order valence-corrected chi connectivity index (χ1v) is 10.9. The zero-order valence-corrected chi connectivity index (χ0v) is 18.7. The predicted octanol–water partition coefficient (Wildman–Crippen LogP) is 5.04. The van der Waals surface area contributed by atoms with E-state index in [1.165, 1.54) is 23.5 Å². The lowest BCUT2D eigenvalue weighted by atomic mass is 10.1. The van der Waals surface area contributed by atoms with E-state index in [-0.39, 0.29) is 5.82 Å². The molecule has 6 nitrogen and oxygen atoms in total. The van der Waals surface area contributed by atoms with Crippen molar-refractivity contribution < 1.29 is 18.7 Å². The summed E-state index contributed by atoms with van der Waals surface area (Å²) in [4.78, 5) is 17.1. The van der Waals surface area contributed by atoms with Crippen LogP contribution in [0.3, 0.4) is 0 Å². The van der Waals surface area contributed by atoms with E-state index in [1.807, 2.05) is 30.5 Å². The summed E-state index contributed by atoms with van der Waals surface area (Å²) in [5, 5.41) is 4.74. The van der Waals surface area contributed by atoms with Gasteiger partial charge >= 0.3 is 6.09 Å². The third-order valence-corrected chi connectivity index (χ3v) is 5.46. The first kappa shape index (κ1) is 22.6. The molecule has 1 aromatic heterocycles. The number of nitrogens with one attached hydrogen (secondary N) is 1. The van der Waals surface area contributed by atoms with Gasteiger partial charge in [0.2, 0.25) is 0 Å². The van der Waals surface area contributed by atoms with E-state index in [0.717, 1.165) is 27.3 Å². The van der Waals surface area contributed by atoms with Crippen molar-refractivity contribution in [2.75, 3.05) is 20.3 Å². The molecule has 0 spiro atoms. The number of alkyl carbamates (subject to hydrolysis) is 1. The van der Waals surface area contributed by atoms with Gasteiger partial charge in [0.25, 0.3) is 0 Å². The monoisotopic (exact) mass is 443 g/mol. The van der Waals surface area contributed by atoms with Gasteiger partial charge in [-0.3, -0.25) is 0 Å². The smallest absolute Gasteiger partial charge is 0.407 e. The summed E-state index contributed by atoms with van der Waals surface area (Å²) in [7, 11) is 1.63. The van der Waals surface area contributed by atoms with Gasteiger partial charge in [-0.25, -0.2) is 14.2 Å². The molecule has 3 aromatic rings. The Morgan fingerprint density at radius 1 is 1.23 bits per heavy atom. The van der Waals surface area contributed by atoms with Crippen LogP contribution in [0, 0.1) is 12.7 Å². The number of aromatic nitrogens is 1. The van der Waals surface area contributed by atoms with Gasteiger partial charge in [0, 0.05) is 18.5 Å². The molecule has 0 bridgehead atoms. The van der Waals surface area contributed by atoms with Crippen LogP contribution in [0.4, 0.5) is 14.9 Å². The van der Waals surface area contributed by atoms with Gasteiger partial charge in [0.05, 0.1) is 19.4 Å². The lowest BCUT2D eigenvalue weighted by molar-refractivity contribution is 0.152. The largest absolute Gasteiger partial charge is 0.494 e. The van der Waals surface area contributed by atoms with Crippen LogP contribution < -0.4 is 14.9 Å². The second-order valence-electron chi connectivity index (χ2n) is 6.85. The van der Waals surface area contributed by atoms with Crippen molar-refractivity contribution in [1.29, 1.82) is 0 Å². The standard InChI is InChI=1S/C23H26FN3O3S/c1-4-30-23(28)25-12-5-13-27-20(17-7-9-18(24)10-8-17)15-31-22(27)26-19-11-6-16(2)14-21(19)29-3/h6-11,14-15H,4-5,12-13H2,1-3H3,(H,25,28). The number of thiazole rings is 1. The molecular weight excluding hydrogens is 417 g/mol. The fourth-order valence-electron chi connectivity index (χ4n) is 3.08. The Labute approximate surface area is 185 Å². The Morgan fingerprint density at radius 3 is 2.71 bits per heavy atom. The van der Waals surface area contributed by atoms with Gasteiger partial charge in [-0.15, -0.1) is 11.3 Å². The Kier molecular flexibility index (Phi) is 7.83. The fourth-order valence-corrected chi connectivity index (χ4v) is 4.02. The van der Waals surface area contributed by atoms with Crippen molar-refractivity contribution in [3.63, 3.8) is 0 Å². The molecule has 0 saturated carbocycles. The maximum absolute atomic E-state index is 13.4. The molecule has 0 aliphatic heterocycles. The van der Waals surface area contributed by atoms with Crippen molar-refractivity contribution >= 4 is 23.1 Å². The fraction of sp³-hybridized carbons (Fsp3) is 0.304. The summed E-state index contributed by atoms with van der Waals surface area (Å²) in [5.74, 6) is 0.422. The first-order valence-electron chi connectivity index (χ1n) is 10.1. The van der Waals surface area contributed by atoms with Gasteiger partial charge < -0.3 is 19.4 Å².